The Kier molecular flexibility index (Phi) is 7.21. The van der Waals surface area contributed by atoms with Crippen LogP contribution in [0.2, 0.25) is 0 Å². The fraction of sp³-hybridized carbons (Fsp3) is 0.174. The summed E-state index contributed by atoms with van der Waals surface area (Å²) < 4.78 is 22.7. The van der Waals surface area contributed by atoms with Gasteiger partial charge in [-0.2, -0.15) is 0 Å². The second-order valence-electron chi connectivity index (χ2n) is 7.01. The molecule has 30 heavy (non-hydrogen) atoms. The SMILES string of the molecule is Cc1ccc(CN=C(NCCc2ccc(S(N)(=O)=O)cc2)Nc2ccccc2)cc1. The van der Waals surface area contributed by atoms with E-state index in [1.54, 1.807) is 12.1 Å². The molecule has 0 aromatic heterocycles. The van der Waals surface area contributed by atoms with E-state index in [-0.39, 0.29) is 4.90 Å². The molecule has 0 radical (unpaired) electrons. The van der Waals surface area contributed by atoms with Crippen molar-refractivity contribution in [1.82, 2.24) is 5.32 Å². The molecule has 4 N–H and O–H groups in total. The quantitative estimate of drug-likeness (QED) is 0.401. The number of para-hydroxylation sites is 1. The predicted molar refractivity (Wildman–Crippen MR) is 122 cm³/mol. The Morgan fingerprint density at radius 3 is 2.17 bits per heavy atom. The highest BCUT2D eigenvalue weighted by molar-refractivity contribution is 7.89. The van der Waals surface area contributed by atoms with Crippen molar-refractivity contribution in [3.8, 4) is 0 Å². The van der Waals surface area contributed by atoms with Crippen molar-refractivity contribution in [1.29, 1.82) is 0 Å². The molecule has 156 valence electrons. The maximum absolute atomic E-state index is 11.4. The molecule has 0 aliphatic heterocycles. The lowest BCUT2D eigenvalue weighted by molar-refractivity contribution is 0.598. The third-order valence-electron chi connectivity index (χ3n) is 4.53. The average Bonchev–Trinajstić information content (AvgIpc) is 2.73. The van der Waals surface area contributed by atoms with E-state index in [2.05, 4.69) is 41.8 Å². The van der Waals surface area contributed by atoms with E-state index < -0.39 is 10.0 Å². The van der Waals surface area contributed by atoms with Crippen LogP contribution in [0.15, 0.2) is 88.8 Å². The normalized spacial score (nSPS) is 11.9. The second-order valence-corrected chi connectivity index (χ2v) is 8.57. The molecular formula is C23H26N4O2S. The van der Waals surface area contributed by atoms with Gasteiger partial charge in [-0.15, -0.1) is 0 Å². The Balaban J connectivity index is 1.64. The molecular weight excluding hydrogens is 396 g/mol. The summed E-state index contributed by atoms with van der Waals surface area (Å²) >= 11 is 0. The molecule has 0 aliphatic carbocycles. The first-order valence-electron chi connectivity index (χ1n) is 9.68. The Morgan fingerprint density at radius 1 is 0.900 bits per heavy atom. The van der Waals surface area contributed by atoms with Gasteiger partial charge in [-0.25, -0.2) is 18.5 Å². The first-order chi connectivity index (χ1) is 14.4. The van der Waals surface area contributed by atoms with Crippen molar-refractivity contribution < 1.29 is 8.42 Å². The van der Waals surface area contributed by atoms with Crippen LogP contribution >= 0.6 is 0 Å². The summed E-state index contributed by atoms with van der Waals surface area (Å²) in [6.45, 7) is 3.26. The van der Waals surface area contributed by atoms with E-state index in [0.717, 1.165) is 16.8 Å². The summed E-state index contributed by atoms with van der Waals surface area (Å²) in [6.07, 6.45) is 0.713. The van der Waals surface area contributed by atoms with Gasteiger partial charge >= 0.3 is 0 Å². The van der Waals surface area contributed by atoms with E-state index in [1.807, 2.05) is 30.3 Å². The number of nitrogens with two attached hydrogens (primary N) is 1. The lowest BCUT2D eigenvalue weighted by atomic mass is 10.1. The summed E-state index contributed by atoms with van der Waals surface area (Å²) in [7, 11) is -3.67. The van der Waals surface area contributed by atoms with Crippen LogP contribution in [0, 0.1) is 6.92 Å². The van der Waals surface area contributed by atoms with Crippen LogP contribution in [0.3, 0.4) is 0 Å². The highest BCUT2D eigenvalue weighted by Crippen LogP contribution is 2.10. The monoisotopic (exact) mass is 422 g/mol. The summed E-state index contributed by atoms with van der Waals surface area (Å²) in [4.78, 5) is 4.81. The molecule has 0 heterocycles. The van der Waals surface area contributed by atoms with Crippen molar-refractivity contribution in [3.63, 3.8) is 0 Å². The average molecular weight is 423 g/mol. The van der Waals surface area contributed by atoms with Crippen LogP contribution in [0.4, 0.5) is 5.69 Å². The number of guanidine groups is 1. The van der Waals surface area contributed by atoms with Crippen LogP contribution in [-0.2, 0) is 23.0 Å². The summed E-state index contributed by atoms with van der Waals surface area (Å²) in [6, 6.07) is 24.8. The van der Waals surface area contributed by atoms with Crippen LogP contribution in [-0.4, -0.2) is 20.9 Å². The lowest BCUT2D eigenvalue weighted by Crippen LogP contribution is -2.32. The van der Waals surface area contributed by atoms with Crippen LogP contribution in [0.1, 0.15) is 16.7 Å². The summed E-state index contributed by atoms with van der Waals surface area (Å²) in [5.41, 5.74) is 4.31. The minimum absolute atomic E-state index is 0.116. The van der Waals surface area contributed by atoms with Crippen molar-refractivity contribution in [2.75, 3.05) is 11.9 Å². The lowest BCUT2D eigenvalue weighted by Gasteiger charge is -2.13. The summed E-state index contributed by atoms with van der Waals surface area (Å²) in [5.74, 6) is 0.683. The zero-order chi connectivity index (χ0) is 21.4. The molecule has 3 aromatic carbocycles. The number of nitrogens with zero attached hydrogens (tertiary/aromatic N) is 1. The van der Waals surface area contributed by atoms with E-state index in [9.17, 15) is 8.42 Å². The molecule has 0 bridgehead atoms. The van der Waals surface area contributed by atoms with Crippen molar-refractivity contribution in [2.24, 2.45) is 10.1 Å². The Hall–Kier alpha value is -3.16. The Morgan fingerprint density at radius 2 is 1.53 bits per heavy atom. The molecule has 0 spiro atoms. The maximum Gasteiger partial charge on any atom is 0.238 e. The number of sulfonamides is 1. The summed E-state index contributed by atoms with van der Waals surface area (Å²) in [5, 5.41) is 11.8. The van der Waals surface area contributed by atoms with Gasteiger partial charge in [-0.3, -0.25) is 0 Å². The van der Waals surface area contributed by atoms with Gasteiger partial charge in [0, 0.05) is 12.2 Å². The first kappa shape index (κ1) is 21.5. The number of hydrogen-bond donors (Lipinski definition) is 3. The molecule has 0 aliphatic rings. The van der Waals surface area contributed by atoms with E-state index >= 15 is 0 Å². The number of aryl methyl sites for hydroxylation is 1. The Bertz CT molecular complexity index is 1080. The van der Waals surface area contributed by atoms with Crippen LogP contribution in [0.25, 0.3) is 0 Å². The molecule has 0 unspecified atom stereocenters. The predicted octanol–water partition coefficient (Wildman–Crippen LogP) is 3.44. The third kappa shape index (κ3) is 6.72. The molecule has 0 fully saturated rings. The standard InChI is InChI=1S/C23H26N4O2S/c1-18-7-9-20(10-8-18)17-26-23(27-21-5-3-2-4-6-21)25-16-15-19-11-13-22(14-12-19)30(24,28)29/h2-14H,15-17H2,1H3,(H2,24,28,29)(H2,25,26,27). The van der Waals surface area contributed by atoms with Crippen molar-refractivity contribution in [2.45, 2.75) is 24.8 Å². The number of aliphatic imine (C=N–C) groups is 1. The molecule has 0 saturated carbocycles. The van der Waals surface area contributed by atoms with Gasteiger partial charge in [-0.1, -0.05) is 60.2 Å². The second kappa shape index (κ2) is 10.0. The van der Waals surface area contributed by atoms with Crippen LogP contribution < -0.4 is 15.8 Å². The fourth-order valence-corrected chi connectivity index (χ4v) is 3.35. The van der Waals surface area contributed by atoms with Crippen molar-refractivity contribution in [3.05, 3.63) is 95.6 Å². The van der Waals surface area contributed by atoms with Crippen molar-refractivity contribution >= 4 is 21.7 Å². The molecule has 0 amide bonds. The van der Waals surface area contributed by atoms with Gasteiger partial charge in [0.2, 0.25) is 10.0 Å². The minimum Gasteiger partial charge on any atom is -0.356 e. The molecule has 3 aromatic rings. The third-order valence-corrected chi connectivity index (χ3v) is 5.46. The van der Waals surface area contributed by atoms with E-state index in [1.165, 1.54) is 17.7 Å². The van der Waals surface area contributed by atoms with E-state index in [0.29, 0.717) is 25.5 Å². The topological polar surface area (TPSA) is 96.6 Å². The Labute approximate surface area is 177 Å². The highest BCUT2D eigenvalue weighted by atomic mass is 32.2. The number of rotatable bonds is 7. The van der Waals surface area contributed by atoms with E-state index in [4.69, 9.17) is 10.1 Å². The fourth-order valence-electron chi connectivity index (χ4n) is 2.83. The van der Waals surface area contributed by atoms with Gasteiger partial charge in [-0.05, 0) is 48.7 Å². The largest absolute Gasteiger partial charge is 0.356 e. The smallest absolute Gasteiger partial charge is 0.238 e. The maximum atomic E-state index is 11.4. The number of nitrogens with one attached hydrogen (secondary N) is 2. The zero-order valence-electron chi connectivity index (χ0n) is 16.9. The van der Waals surface area contributed by atoms with Gasteiger partial charge < -0.3 is 10.6 Å². The highest BCUT2D eigenvalue weighted by Gasteiger charge is 2.07. The molecule has 0 atom stereocenters. The number of anilines is 1. The molecule has 0 saturated heterocycles. The zero-order valence-corrected chi connectivity index (χ0v) is 17.7. The molecule has 3 rings (SSSR count). The van der Waals surface area contributed by atoms with Gasteiger partial charge in [0.25, 0.3) is 0 Å². The van der Waals surface area contributed by atoms with Crippen LogP contribution in [0.5, 0.6) is 0 Å². The molecule has 6 nitrogen and oxygen atoms in total. The number of hydrogen-bond acceptors (Lipinski definition) is 3. The minimum atomic E-state index is -3.67. The van der Waals surface area contributed by atoms with Gasteiger partial charge in [0.1, 0.15) is 0 Å². The molecule has 7 heteroatoms. The van der Waals surface area contributed by atoms with Gasteiger partial charge in [0.05, 0.1) is 11.4 Å². The first-order valence-corrected chi connectivity index (χ1v) is 11.2. The van der Waals surface area contributed by atoms with Gasteiger partial charge in [0.15, 0.2) is 5.96 Å². The number of primary sulfonamides is 1. The number of benzene rings is 3.